The van der Waals surface area contributed by atoms with Crippen molar-refractivity contribution in [1.29, 1.82) is 0 Å². The monoisotopic (exact) mass is 577 g/mol. The SMILES string of the molecule is COc1cc(OC)c(-c2cc(-c3c(OC)cc(OC)cc3OC)nc(-c3c(OC)cc(OC)cc3OC)c2)c(OC)c1. The molecule has 1 heterocycles. The maximum atomic E-state index is 5.80. The van der Waals surface area contributed by atoms with Gasteiger partial charge >= 0.3 is 0 Å². The fourth-order valence-corrected chi connectivity index (χ4v) is 4.74. The average Bonchev–Trinajstić information content (AvgIpc) is 3.05. The van der Waals surface area contributed by atoms with E-state index in [1.54, 1.807) is 100 Å². The number of hydrogen-bond donors (Lipinski definition) is 0. The summed E-state index contributed by atoms with van der Waals surface area (Å²) in [6, 6.07) is 14.5. The molecule has 0 atom stereocenters. The van der Waals surface area contributed by atoms with Gasteiger partial charge < -0.3 is 42.6 Å². The van der Waals surface area contributed by atoms with Crippen LogP contribution in [-0.2, 0) is 0 Å². The molecule has 0 saturated carbocycles. The van der Waals surface area contributed by atoms with Crippen molar-refractivity contribution in [3.63, 3.8) is 0 Å². The lowest BCUT2D eigenvalue weighted by Gasteiger charge is -2.20. The Labute approximate surface area is 245 Å². The van der Waals surface area contributed by atoms with E-state index >= 15 is 0 Å². The molecule has 10 heteroatoms. The van der Waals surface area contributed by atoms with E-state index in [4.69, 9.17) is 47.6 Å². The topological polar surface area (TPSA) is 96.0 Å². The minimum atomic E-state index is 0.504. The molecule has 4 aromatic rings. The molecule has 0 N–H and O–H groups in total. The summed E-state index contributed by atoms with van der Waals surface area (Å²) in [7, 11) is 14.2. The predicted octanol–water partition coefficient (Wildman–Crippen LogP) is 6.16. The van der Waals surface area contributed by atoms with Gasteiger partial charge in [-0.25, -0.2) is 4.98 Å². The zero-order chi connectivity index (χ0) is 30.4. The van der Waals surface area contributed by atoms with Crippen molar-refractivity contribution in [3.8, 4) is 85.4 Å². The Hall–Kier alpha value is -4.99. The molecule has 0 aliphatic carbocycles. The average molecular weight is 578 g/mol. The van der Waals surface area contributed by atoms with Crippen LogP contribution in [0.4, 0.5) is 0 Å². The fourth-order valence-electron chi connectivity index (χ4n) is 4.74. The molecule has 0 amide bonds. The maximum absolute atomic E-state index is 5.80. The predicted molar refractivity (Wildman–Crippen MR) is 160 cm³/mol. The highest BCUT2D eigenvalue weighted by Gasteiger charge is 2.24. The van der Waals surface area contributed by atoms with Crippen molar-refractivity contribution >= 4 is 0 Å². The molecule has 222 valence electrons. The van der Waals surface area contributed by atoms with Crippen molar-refractivity contribution < 1.29 is 42.6 Å². The molecule has 0 fully saturated rings. The largest absolute Gasteiger partial charge is 0.496 e. The third-order valence-corrected chi connectivity index (χ3v) is 6.77. The van der Waals surface area contributed by atoms with E-state index in [0.717, 1.165) is 5.56 Å². The van der Waals surface area contributed by atoms with Crippen LogP contribution in [0.15, 0.2) is 48.5 Å². The molecule has 0 spiro atoms. The Morgan fingerprint density at radius 1 is 0.333 bits per heavy atom. The first-order valence-corrected chi connectivity index (χ1v) is 12.8. The van der Waals surface area contributed by atoms with Crippen LogP contribution in [0.5, 0.6) is 51.7 Å². The molecule has 3 aromatic carbocycles. The first-order valence-electron chi connectivity index (χ1n) is 12.8. The summed E-state index contributed by atoms with van der Waals surface area (Å²) in [5.41, 5.74) is 3.72. The van der Waals surface area contributed by atoms with E-state index in [1.165, 1.54) is 0 Å². The van der Waals surface area contributed by atoms with Crippen molar-refractivity contribution in [2.75, 3.05) is 64.0 Å². The molecule has 0 saturated heterocycles. The molecular weight excluding hydrogens is 542 g/mol. The molecular formula is C32H35NO9. The van der Waals surface area contributed by atoms with Crippen LogP contribution in [0.25, 0.3) is 33.6 Å². The van der Waals surface area contributed by atoms with Crippen LogP contribution < -0.4 is 42.6 Å². The second-order valence-electron chi connectivity index (χ2n) is 8.85. The number of pyridine rings is 1. The number of aromatic nitrogens is 1. The zero-order valence-corrected chi connectivity index (χ0v) is 25.2. The van der Waals surface area contributed by atoms with E-state index in [0.29, 0.717) is 79.8 Å². The number of ether oxygens (including phenoxy) is 9. The zero-order valence-electron chi connectivity index (χ0n) is 25.2. The molecule has 0 unspecified atom stereocenters. The number of hydrogen-bond acceptors (Lipinski definition) is 10. The number of benzene rings is 3. The molecule has 0 radical (unpaired) electrons. The second kappa shape index (κ2) is 13.1. The van der Waals surface area contributed by atoms with Crippen molar-refractivity contribution in [2.24, 2.45) is 0 Å². The molecule has 0 bridgehead atoms. The quantitative estimate of drug-likeness (QED) is 0.195. The highest BCUT2D eigenvalue weighted by atomic mass is 16.5. The molecule has 1 aromatic heterocycles. The van der Waals surface area contributed by atoms with E-state index in [9.17, 15) is 0 Å². The van der Waals surface area contributed by atoms with E-state index in [-0.39, 0.29) is 0 Å². The van der Waals surface area contributed by atoms with Gasteiger partial charge in [-0.2, -0.15) is 0 Å². The van der Waals surface area contributed by atoms with Gasteiger partial charge in [0, 0.05) is 36.4 Å². The summed E-state index contributed by atoms with van der Waals surface area (Å²) in [6.45, 7) is 0. The first kappa shape index (κ1) is 30.0. The fraction of sp³-hybridized carbons (Fsp3) is 0.281. The normalized spacial score (nSPS) is 10.5. The molecule has 10 nitrogen and oxygen atoms in total. The van der Waals surface area contributed by atoms with Gasteiger partial charge in [0.15, 0.2) is 0 Å². The number of nitrogens with zero attached hydrogens (tertiary/aromatic N) is 1. The van der Waals surface area contributed by atoms with Gasteiger partial charge in [-0.1, -0.05) is 0 Å². The lowest BCUT2D eigenvalue weighted by molar-refractivity contribution is 0.377. The van der Waals surface area contributed by atoms with Crippen LogP contribution in [-0.4, -0.2) is 69.0 Å². The summed E-state index contributed by atoms with van der Waals surface area (Å²) in [6.07, 6.45) is 0. The summed E-state index contributed by atoms with van der Waals surface area (Å²) >= 11 is 0. The van der Waals surface area contributed by atoms with Gasteiger partial charge in [0.1, 0.15) is 51.7 Å². The summed E-state index contributed by atoms with van der Waals surface area (Å²) in [5, 5.41) is 0. The van der Waals surface area contributed by atoms with Crippen molar-refractivity contribution in [1.82, 2.24) is 4.98 Å². The summed E-state index contributed by atoms with van der Waals surface area (Å²) in [5.74, 6) is 4.82. The Morgan fingerprint density at radius 2 is 0.595 bits per heavy atom. The van der Waals surface area contributed by atoms with Gasteiger partial charge in [0.2, 0.25) is 0 Å². The standard InChI is InChI=1S/C32H35NO9/c1-34-19-12-24(37-4)30(25(13-19)38-5)18-10-22(31-26(39-6)14-20(35-2)15-27(31)40-7)33-23(11-18)32-28(41-8)16-21(36-3)17-29(32)42-9/h10-17H,1-9H3. The highest BCUT2D eigenvalue weighted by molar-refractivity contribution is 5.88. The molecule has 0 aliphatic heterocycles. The summed E-state index contributed by atoms with van der Waals surface area (Å²) < 4.78 is 51.2. The Kier molecular flexibility index (Phi) is 9.36. The van der Waals surface area contributed by atoms with Crippen LogP contribution >= 0.6 is 0 Å². The van der Waals surface area contributed by atoms with Gasteiger partial charge in [-0.05, 0) is 17.7 Å². The third kappa shape index (κ3) is 5.60. The van der Waals surface area contributed by atoms with Crippen LogP contribution in [0.1, 0.15) is 0 Å². The Balaban J connectivity index is 2.16. The van der Waals surface area contributed by atoms with Gasteiger partial charge in [0.25, 0.3) is 0 Å². The van der Waals surface area contributed by atoms with E-state index in [2.05, 4.69) is 0 Å². The molecule has 4 rings (SSSR count). The van der Waals surface area contributed by atoms with E-state index < -0.39 is 0 Å². The maximum Gasteiger partial charge on any atom is 0.135 e. The van der Waals surface area contributed by atoms with E-state index in [1.807, 2.05) is 12.1 Å². The summed E-state index contributed by atoms with van der Waals surface area (Å²) in [4.78, 5) is 5.08. The van der Waals surface area contributed by atoms with Crippen molar-refractivity contribution in [2.45, 2.75) is 0 Å². The Morgan fingerprint density at radius 3 is 0.833 bits per heavy atom. The third-order valence-electron chi connectivity index (χ3n) is 6.77. The smallest absolute Gasteiger partial charge is 0.135 e. The van der Waals surface area contributed by atoms with Crippen molar-refractivity contribution in [3.05, 3.63) is 48.5 Å². The lowest BCUT2D eigenvalue weighted by Crippen LogP contribution is -2.01. The molecule has 0 aliphatic rings. The Bertz CT molecular complexity index is 1300. The minimum absolute atomic E-state index is 0.504. The molecule has 42 heavy (non-hydrogen) atoms. The minimum Gasteiger partial charge on any atom is -0.496 e. The van der Waals surface area contributed by atoms with Gasteiger partial charge in [-0.3, -0.25) is 0 Å². The highest BCUT2D eigenvalue weighted by Crippen LogP contribution is 2.49. The van der Waals surface area contributed by atoms with Crippen LogP contribution in [0, 0.1) is 0 Å². The van der Waals surface area contributed by atoms with Gasteiger partial charge in [-0.15, -0.1) is 0 Å². The second-order valence-corrected chi connectivity index (χ2v) is 8.85. The van der Waals surface area contributed by atoms with Crippen LogP contribution in [0.2, 0.25) is 0 Å². The number of methoxy groups -OCH3 is 9. The van der Waals surface area contributed by atoms with Crippen LogP contribution in [0.3, 0.4) is 0 Å². The van der Waals surface area contributed by atoms with Gasteiger partial charge in [0.05, 0.1) is 92.1 Å². The first-order chi connectivity index (χ1) is 20.4. The lowest BCUT2D eigenvalue weighted by atomic mass is 9.97. The number of rotatable bonds is 12.